The van der Waals surface area contributed by atoms with Crippen LogP contribution in [0.4, 0.5) is 68.2 Å². The van der Waals surface area contributed by atoms with Crippen LogP contribution in [0, 0.1) is 0 Å². The van der Waals surface area contributed by atoms with E-state index in [4.69, 9.17) is 0 Å². The predicted octanol–water partition coefficient (Wildman–Crippen LogP) is 27.0. The summed E-state index contributed by atoms with van der Waals surface area (Å²) in [5.74, 6) is 0. The molecule has 0 bridgehead atoms. The van der Waals surface area contributed by atoms with E-state index in [2.05, 4.69) is 485 Å². The highest BCUT2D eigenvalue weighted by molar-refractivity contribution is 7.01. The second kappa shape index (κ2) is 30.0. The van der Waals surface area contributed by atoms with Gasteiger partial charge in [-0.05, 0) is 160 Å². The summed E-state index contributed by atoms with van der Waals surface area (Å²) in [7, 11) is 0. The van der Waals surface area contributed by atoms with Crippen LogP contribution in [0.15, 0.2) is 431 Å². The number of nitrogens with zero attached hydrogens (tertiary/aromatic N) is 4. The van der Waals surface area contributed by atoms with Gasteiger partial charge in [-0.15, -0.1) is 0 Å². The number of rotatable bonds is 15. The van der Waals surface area contributed by atoms with Crippen LogP contribution in [0.25, 0.3) is 89.0 Å². The topological polar surface area (TPSA) is 13.0 Å². The van der Waals surface area contributed by atoms with E-state index in [0.717, 1.165) is 108 Å². The summed E-state index contributed by atoms with van der Waals surface area (Å²) in [6.07, 6.45) is 0.765. The Morgan fingerprint density at radius 3 is 0.754 bits per heavy atom. The second-order valence-electron chi connectivity index (χ2n) is 34.7. The number of benzene rings is 18. The average molecular weight is 1560 g/mol. The summed E-state index contributed by atoms with van der Waals surface area (Å²) in [6.45, 7) is 11.8. The summed E-state index contributed by atoms with van der Waals surface area (Å²) in [5.41, 5.74) is 43.4. The smallest absolute Gasteiger partial charge is 0.252 e. The molecule has 22 rings (SSSR count). The number of fused-ring (bicyclic) bond motifs is 8. The van der Waals surface area contributed by atoms with Crippen molar-refractivity contribution < 1.29 is 0 Å². The van der Waals surface area contributed by atoms with Crippen LogP contribution >= 0.6 is 0 Å². The van der Waals surface area contributed by atoms with Gasteiger partial charge in [-0.25, -0.2) is 0 Å². The third-order valence-electron chi connectivity index (χ3n) is 26.0. The van der Waals surface area contributed by atoms with Crippen molar-refractivity contribution in [3.8, 4) is 89.0 Å². The van der Waals surface area contributed by atoms with E-state index in [1.165, 1.54) is 106 Å². The van der Waals surface area contributed by atoms with Gasteiger partial charge < -0.3 is 19.6 Å². The fourth-order valence-electron chi connectivity index (χ4n) is 20.4. The van der Waals surface area contributed by atoms with E-state index in [9.17, 15) is 0 Å². The fraction of sp³-hybridized carbons (Fsp3) is 0.0690. The molecule has 18 aromatic rings. The highest BCUT2D eigenvalue weighted by atomic mass is 15.2. The Kier molecular flexibility index (Phi) is 18.1. The van der Waals surface area contributed by atoms with Crippen LogP contribution < -0.4 is 52.4 Å². The molecule has 6 heteroatoms. The quantitative estimate of drug-likeness (QED) is 0.0949. The summed E-state index contributed by atoms with van der Waals surface area (Å²) < 4.78 is 0. The Balaban J connectivity index is 0.727. The maximum absolute atomic E-state index is 2.66. The van der Waals surface area contributed by atoms with Crippen LogP contribution in [0.2, 0.25) is 0 Å². The summed E-state index contributed by atoms with van der Waals surface area (Å²) in [6, 6.07) is 162. The Bertz CT molecular complexity index is 6880. The monoisotopic (exact) mass is 1560 g/mol. The van der Waals surface area contributed by atoms with E-state index in [0.29, 0.717) is 0 Å². The molecule has 0 atom stereocenters. The largest absolute Gasteiger partial charge is 0.310 e. The molecule has 0 spiro atoms. The van der Waals surface area contributed by atoms with Crippen LogP contribution in [0.5, 0.6) is 0 Å². The Labute approximate surface area is 717 Å². The van der Waals surface area contributed by atoms with E-state index < -0.39 is 5.41 Å². The van der Waals surface area contributed by atoms with Crippen LogP contribution in [0.1, 0.15) is 51.3 Å². The first-order valence-electron chi connectivity index (χ1n) is 42.9. The maximum Gasteiger partial charge on any atom is 0.252 e. The third kappa shape index (κ3) is 12.4. The van der Waals surface area contributed by atoms with Crippen molar-refractivity contribution in [1.82, 2.24) is 0 Å². The van der Waals surface area contributed by atoms with Crippen molar-refractivity contribution >= 4 is 114 Å². The molecule has 4 aliphatic heterocycles. The van der Waals surface area contributed by atoms with Gasteiger partial charge in [0.25, 0.3) is 13.4 Å². The lowest BCUT2D eigenvalue weighted by molar-refractivity contribution is 0.523. The first-order chi connectivity index (χ1) is 60.0. The van der Waals surface area contributed by atoms with Crippen LogP contribution in [-0.4, -0.2) is 13.4 Å². The highest BCUT2D eigenvalue weighted by Gasteiger charge is 2.48. The lowest BCUT2D eigenvalue weighted by Gasteiger charge is -2.46. The van der Waals surface area contributed by atoms with Gasteiger partial charge in [0.2, 0.25) is 0 Å². The van der Waals surface area contributed by atoms with Gasteiger partial charge in [0, 0.05) is 90.0 Å². The molecule has 4 nitrogen and oxygen atoms in total. The van der Waals surface area contributed by atoms with Gasteiger partial charge in [-0.3, -0.25) is 0 Å². The SMILES string of the molecule is CC(C)(C)c1ccc2c(c1)B1c3cc(C(C)(C)Cc4cccc(-c5cccc(-c6ccccc6)c5N5c6ccccc6B6c7ccccc7N(c7c(-c8ccccc8)cccc7-c7ccccc7)c7cccc5c76)c4)ccc3N(c3c(-c4ccccc4)cccc3-c3ccccc3)c3cccc(c31)N2c1c(-c2ccccc2)cccc1-c1ccccc1. The average Bonchev–Trinajstić information content (AvgIpc) is 0.695. The minimum Gasteiger partial charge on any atom is -0.310 e. The molecule has 578 valence electrons. The molecule has 4 aliphatic rings. The van der Waals surface area contributed by atoms with Crippen LogP contribution in [-0.2, 0) is 17.3 Å². The van der Waals surface area contributed by atoms with Gasteiger partial charge >= 0.3 is 0 Å². The lowest BCUT2D eigenvalue weighted by atomic mass is 9.33. The standard InChI is InChI=1S/C116H88B2N4/c1-115(2,3)87-70-72-103-99(75-87)118-100-76-88(71-73-104(100)122(113-93(83-47-21-10-22-48-83)58-34-59-94(113)84-49-23-11-24-50-84)108-69-37-68-107(110(108)118)121(103)112-91(81-43-17-8-18-44-81)56-33-57-92(112)82-45-19-9-20-46-82)116(4,5)77-78-38-31-53-86(74-78)96-61-35-60-95(85-51-25-12-26-52-85)114(96)120-102-65-30-28-63-98(102)117-97-62-27-29-64-101(97)119(105-66-36-67-106(120)109(105)117)111-89(79-39-13-6-14-40-79)54-32-55-90(111)80-41-15-7-16-42-80/h6-76H,77H2,1-5H3. The zero-order chi connectivity index (χ0) is 81.7. The van der Waals surface area contributed by atoms with Crippen molar-refractivity contribution in [2.24, 2.45) is 0 Å². The van der Waals surface area contributed by atoms with E-state index >= 15 is 0 Å². The van der Waals surface area contributed by atoms with Gasteiger partial charge in [0.1, 0.15) is 0 Å². The molecule has 4 heterocycles. The number of hydrogen-bond acceptors (Lipinski definition) is 4. The molecule has 122 heavy (non-hydrogen) atoms. The summed E-state index contributed by atoms with van der Waals surface area (Å²) in [4.78, 5) is 10.5. The van der Waals surface area contributed by atoms with Crippen molar-refractivity contribution in [1.29, 1.82) is 0 Å². The fourth-order valence-corrected chi connectivity index (χ4v) is 20.4. The molecule has 0 amide bonds. The molecule has 0 unspecified atom stereocenters. The number of hydrogen-bond donors (Lipinski definition) is 0. The third-order valence-corrected chi connectivity index (χ3v) is 26.0. The Morgan fingerprint density at radius 2 is 0.434 bits per heavy atom. The van der Waals surface area contributed by atoms with E-state index in [1.54, 1.807) is 0 Å². The summed E-state index contributed by atoms with van der Waals surface area (Å²) >= 11 is 0. The van der Waals surface area contributed by atoms with E-state index in [1.807, 2.05) is 0 Å². The lowest BCUT2D eigenvalue weighted by Crippen LogP contribution is -2.61. The summed E-state index contributed by atoms with van der Waals surface area (Å²) in [5, 5.41) is 0. The van der Waals surface area contributed by atoms with E-state index in [-0.39, 0.29) is 18.8 Å². The minimum absolute atomic E-state index is 0.0672. The van der Waals surface area contributed by atoms with Gasteiger partial charge in [0.05, 0.1) is 22.7 Å². The molecular weight excluding hydrogens is 1470 g/mol. The zero-order valence-electron chi connectivity index (χ0n) is 69.1. The van der Waals surface area contributed by atoms with Gasteiger partial charge in [-0.1, -0.05) is 417 Å². The highest BCUT2D eigenvalue weighted by Crippen LogP contribution is 2.56. The van der Waals surface area contributed by atoms with Gasteiger partial charge in [0.15, 0.2) is 0 Å². The van der Waals surface area contributed by atoms with Crippen molar-refractivity contribution in [3.63, 3.8) is 0 Å². The Hall–Kier alpha value is -14.7. The predicted molar refractivity (Wildman–Crippen MR) is 520 cm³/mol. The second-order valence-corrected chi connectivity index (χ2v) is 34.7. The molecular formula is C116H88B2N4. The number of anilines is 12. The molecule has 0 N–H and O–H groups in total. The van der Waals surface area contributed by atoms with Crippen molar-refractivity contribution in [3.05, 3.63) is 447 Å². The van der Waals surface area contributed by atoms with Gasteiger partial charge in [-0.2, -0.15) is 0 Å². The molecule has 0 saturated heterocycles. The molecule has 18 aromatic carbocycles. The van der Waals surface area contributed by atoms with Crippen LogP contribution in [0.3, 0.4) is 0 Å². The molecule has 0 saturated carbocycles. The first-order valence-corrected chi connectivity index (χ1v) is 42.9. The van der Waals surface area contributed by atoms with Crippen molar-refractivity contribution in [2.45, 2.75) is 51.9 Å². The Morgan fingerprint density at radius 1 is 0.197 bits per heavy atom. The molecule has 0 radical (unpaired) electrons. The zero-order valence-corrected chi connectivity index (χ0v) is 69.1. The maximum atomic E-state index is 2.66. The molecule has 0 aromatic heterocycles. The minimum atomic E-state index is -0.397. The number of para-hydroxylation sites is 6. The van der Waals surface area contributed by atoms with Crippen molar-refractivity contribution in [2.75, 3.05) is 19.6 Å². The molecule has 0 fully saturated rings. The normalized spacial score (nSPS) is 12.9. The first kappa shape index (κ1) is 73.6. The molecule has 0 aliphatic carbocycles.